The Labute approximate surface area is 84.6 Å². The van der Waals surface area contributed by atoms with E-state index in [1.807, 2.05) is 0 Å². The third-order valence-corrected chi connectivity index (χ3v) is 2.69. The van der Waals surface area contributed by atoms with E-state index < -0.39 is 35.4 Å². The predicted molar refractivity (Wildman–Crippen MR) is 49.9 cm³/mol. The molecule has 0 spiro atoms. The van der Waals surface area contributed by atoms with Crippen molar-refractivity contribution in [3.8, 4) is 0 Å². The van der Waals surface area contributed by atoms with E-state index in [1.165, 1.54) is 6.92 Å². The molecule has 1 fully saturated rings. The molecule has 1 aliphatic heterocycles. The van der Waals surface area contributed by atoms with Crippen LogP contribution in [0.25, 0.3) is 0 Å². The standard InChI is InChI=1S/C10H17NO2/c1-9(2,3)10(4)6-5-7(12)11-8(10)13/h5-6H2,1-4H3,(H,11,12,13)/i5D2,6D/hD. The first-order valence-corrected chi connectivity index (χ1v) is 4.18. The van der Waals surface area contributed by atoms with Crippen molar-refractivity contribution in [1.29, 1.82) is 0 Å². The van der Waals surface area contributed by atoms with Crippen molar-refractivity contribution in [2.24, 2.45) is 10.8 Å². The molecule has 0 aromatic heterocycles. The van der Waals surface area contributed by atoms with Gasteiger partial charge in [0.15, 0.2) is 1.41 Å². The van der Waals surface area contributed by atoms with Crippen LogP contribution in [-0.2, 0) is 9.59 Å². The molecule has 1 aliphatic rings. The number of rotatable bonds is 0. The molecule has 1 saturated heterocycles. The molecule has 1 N–H and O–H groups in total. The second kappa shape index (κ2) is 2.82. The fourth-order valence-electron chi connectivity index (χ4n) is 1.05. The Morgan fingerprint density at radius 2 is 2.08 bits per heavy atom. The average molecular weight is 187 g/mol. The molecule has 74 valence electrons. The Morgan fingerprint density at radius 1 is 1.54 bits per heavy atom. The van der Waals surface area contributed by atoms with E-state index in [9.17, 15) is 9.59 Å². The van der Waals surface area contributed by atoms with Crippen LogP contribution in [0.5, 0.6) is 0 Å². The Morgan fingerprint density at radius 3 is 2.54 bits per heavy atom. The third kappa shape index (κ3) is 1.60. The smallest absolute Gasteiger partial charge is 0.233 e. The summed E-state index contributed by atoms with van der Waals surface area (Å²) in [7, 11) is 0. The lowest BCUT2D eigenvalue weighted by atomic mass is 9.63. The van der Waals surface area contributed by atoms with Gasteiger partial charge >= 0.3 is 0 Å². The molecule has 13 heavy (non-hydrogen) atoms. The first kappa shape index (κ1) is 5.78. The first-order chi connectivity index (χ1) is 7.38. The minimum absolute atomic E-state index is 0.0658. The van der Waals surface area contributed by atoms with Gasteiger partial charge in [0.1, 0.15) is 0 Å². The fraction of sp³-hybridized carbons (Fsp3) is 0.800. The third-order valence-electron chi connectivity index (χ3n) is 2.69. The fourth-order valence-corrected chi connectivity index (χ4v) is 1.05. The van der Waals surface area contributed by atoms with Crippen LogP contribution in [-0.4, -0.2) is 11.8 Å². The molecule has 2 amide bonds. The lowest BCUT2D eigenvalue weighted by Crippen LogP contribution is -2.53. The average Bonchev–Trinajstić information content (AvgIpc) is 2.20. The maximum absolute atomic E-state index is 12.0. The minimum atomic E-state index is -2.52. The molecule has 1 heterocycles. The van der Waals surface area contributed by atoms with Crippen LogP contribution in [0, 0.1) is 10.8 Å². The van der Waals surface area contributed by atoms with E-state index in [4.69, 9.17) is 5.52 Å². The van der Waals surface area contributed by atoms with Crippen LogP contribution in [0.3, 0.4) is 0 Å². The summed E-state index contributed by atoms with van der Waals surface area (Å²) in [5, 5.41) is 0.0658. The summed E-state index contributed by atoms with van der Waals surface area (Å²) in [5.41, 5.74) is -2.13. The molecule has 0 saturated carbocycles. The first-order valence-electron chi connectivity index (χ1n) is 6.21. The van der Waals surface area contributed by atoms with E-state index in [1.54, 1.807) is 20.8 Å². The molecular formula is C10H17NO2. The lowest BCUT2D eigenvalue weighted by molar-refractivity contribution is -0.146. The van der Waals surface area contributed by atoms with Gasteiger partial charge < -0.3 is 0 Å². The highest BCUT2D eigenvalue weighted by Crippen LogP contribution is 2.43. The summed E-state index contributed by atoms with van der Waals surface area (Å²) < 4.78 is 30.5. The van der Waals surface area contributed by atoms with Crippen LogP contribution in [0.1, 0.15) is 44.6 Å². The highest BCUT2D eigenvalue weighted by atomic mass is 16.2. The van der Waals surface area contributed by atoms with Gasteiger partial charge in [-0.25, -0.2) is 0 Å². The molecule has 2 atom stereocenters. The van der Waals surface area contributed by atoms with E-state index in [0.29, 0.717) is 0 Å². The summed E-state index contributed by atoms with van der Waals surface area (Å²) in [4.78, 5) is 23.5. The summed E-state index contributed by atoms with van der Waals surface area (Å²) in [6.45, 7) is 6.54. The zero-order valence-corrected chi connectivity index (χ0v) is 8.34. The Bertz CT molecular complexity index is 377. The number of nitrogens with one attached hydrogen (secondary N) is 1. The highest BCUT2D eigenvalue weighted by Gasteiger charge is 2.46. The number of hydrogen-bond acceptors (Lipinski definition) is 2. The highest BCUT2D eigenvalue weighted by molar-refractivity contribution is 6.00. The van der Waals surface area contributed by atoms with Crippen molar-refractivity contribution in [2.45, 2.75) is 40.5 Å². The van der Waals surface area contributed by atoms with Crippen LogP contribution in [0.4, 0.5) is 0 Å². The number of carbonyl (C=O) groups is 2. The SMILES string of the molecule is [2H]C1C([2H])([2H])C(=O)N([2H])C(=O)C1(C)C(C)(C)C. The van der Waals surface area contributed by atoms with Gasteiger partial charge in [-0.15, -0.1) is 0 Å². The van der Waals surface area contributed by atoms with Crippen molar-refractivity contribution in [3.63, 3.8) is 0 Å². The summed E-state index contributed by atoms with van der Waals surface area (Å²) in [6.07, 6.45) is -4.03. The van der Waals surface area contributed by atoms with Gasteiger partial charge in [0, 0.05) is 10.5 Å². The summed E-state index contributed by atoms with van der Waals surface area (Å²) in [6, 6.07) is 0. The second-order valence-corrected chi connectivity index (χ2v) is 4.46. The zero-order chi connectivity index (χ0) is 13.8. The lowest BCUT2D eigenvalue weighted by Gasteiger charge is -2.42. The number of amides is 2. The molecule has 0 radical (unpaired) electrons. The van der Waals surface area contributed by atoms with Crippen LogP contribution in [0.15, 0.2) is 0 Å². The van der Waals surface area contributed by atoms with Crippen LogP contribution >= 0.6 is 0 Å². The van der Waals surface area contributed by atoms with Gasteiger partial charge in [-0.1, -0.05) is 27.7 Å². The second-order valence-electron chi connectivity index (χ2n) is 4.46. The van der Waals surface area contributed by atoms with E-state index >= 15 is 0 Å². The Hall–Kier alpha value is -0.860. The molecule has 2 unspecified atom stereocenters. The molecule has 0 aromatic rings. The van der Waals surface area contributed by atoms with Crippen LogP contribution < -0.4 is 5.31 Å². The molecule has 3 heteroatoms. The van der Waals surface area contributed by atoms with E-state index in [2.05, 4.69) is 0 Å². The van der Waals surface area contributed by atoms with E-state index in [0.717, 1.165) is 0 Å². The molecule has 0 aromatic carbocycles. The Kier molecular flexibility index (Phi) is 1.26. The Balaban J connectivity index is 3.43. The van der Waals surface area contributed by atoms with Crippen LogP contribution in [0.2, 0.25) is 1.41 Å². The van der Waals surface area contributed by atoms with Crippen molar-refractivity contribution in [1.82, 2.24) is 5.31 Å². The molecule has 0 bridgehead atoms. The van der Waals surface area contributed by atoms with Gasteiger partial charge in [0.2, 0.25) is 11.8 Å². The molecule has 0 aliphatic carbocycles. The van der Waals surface area contributed by atoms with Crippen molar-refractivity contribution in [2.75, 3.05) is 0 Å². The summed E-state index contributed by atoms with van der Waals surface area (Å²) >= 11 is 0. The van der Waals surface area contributed by atoms with E-state index in [-0.39, 0.29) is 5.31 Å². The summed E-state index contributed by atoms with van der Waals surface area (Å²) in [5.74, 6) is -2.07. The largest absolute Gasteiger partial charge is 0.296 e. The normalized spacial score (nSPS) is 44.9. The maximum atomic E-state index is 12.0. The maximum Gasteiger partial charge on any atom is 0.233 e. The molecular weight excluding hydrogens is 166 g/mol. The van der Waals surface area contributed by atoms with Crippen molar-refractivity contribution >= 4 is 11.8 Å². The van der Waals surface area contributed by atoms with Gasteiger partial charge in [0.05, 0.1) is 5.41 Å². The van der Waals surface area contributed by atoms with Crippen molar-refractivity contribution < 1.29 is 15.1 Å². The molecule has 3 nitrogen and oxygen atoms in total. The number of carbonyl (C=O) groups excluding carboxylic acids is 2. The monoisotopic (exact) mass is 187 g/mol. The zero-order valence-electron chi connectivity index (χ0n) is 12.3. The van der Waals surface area contributed by atoms with Gasteiger partial charge in [-0.3, -0.25) is 14.9 Å². The minimum Gasteiger partial charge on any atom is -0.296 e. The topological polar surface area (TPSA) is 46.2 Å². The predicted octanol–water partition coefficient (Wildman–Crippen LogP) is 1.48. The number of imide groups is 1. The molecule has 1 rings (SSSR count). The van der Waals surface area contributed by atoms with Crippen molar-refractivity contribution in [3.05, 3.63) is 0 Å². The van der Waals surface area contributed by atoms with Gasteiger partial charge in [0.25, 0.3) is 0 Å². The number of hydrogen-bond donors (Lipinski definition) is 1. The van der Waals surface area contributed by atoms with Gasteiger partial charge in [-0.2, -0.15) is 0 Å². The quantitative estimate of drug-likeness (QED) is 0.584. The van der Waals surface area contributed by atoms with Gasteiger partial charge in [-0.05, 0) is 11.8 Å². The number of piperidine rings is 1.